The van der Waals surface area contributed by atoms with E-state index in [1.54, 1.807) is 42.1 Å². The first kappa shape index (κ1) is 20.3. The third-order valence-corrected chi connectivity index (χ3v) is 5.38. The van der Waals surface area contributed by atoms with Gasteiger partial charge in [0.15, 0.2) is 0 Å². The van der Waals surface area contributed by atoms with Gasteiger partial charge in [-0.25, -0.2) is 4.39 Å². The maximum absolute atomic E-state index is 14.0. The molecule has 2 fully saturated rings. The highest BCUT2D eigenvalue weighted by Crippen LogP contribution is 2.28. The van der Waals surface area contributed by atoms with Crippen molar-refractivity contribution in [2.45, 2.75) is 12.8 Å². The Hall–Kier alpha value is -2.48. The number of amides is 3. The molecule has 1 aromatic rings. The van der Waals surface area contributed by atoms with Gasteiger partial charge in [0.25, 0.3) is 0 Å². The van der Waals surface area contributed by atoms with Crippen molar-refractivity contribution in [3.8, 4) is 0 Å². The van der Waals surface area contributed by atoms with E-state index in [1.807, 2.05) is 0 Å². The van der Waals surface area contributed by atoms with Crippen molar-refractivity contribution in [2.75, 3.05) is 58.3 Å². The molecular formula is C20H27FN4O3. The second-order valence-corrected chi connectivity index (χ2v) is 7.60. The summed E-state index contributed by atoms with van der Waals surface area (Å²) in [7, 11) is 3.46. The van der Waals surface area contributed by atoms with Gasteiger partial charge in [-0.2, -0.15) is 0 Å². The van der Waals surface area contributed by atoms with E-state index in [9.17, 15) is 18.8 Å². The molecule has 3 amide bonds. The normalized spacial score (nSPS) is 21.0. The Morgan fingerprint density at radius 2 is 1.89 bits per heavy atom. The molecule has 1 atom stereocenters. The van der Waals surface area contributed by atoms with Crippen LogP contribution in [0.4, 0.5) is 10.1 Å². The molecule has 0 N–H and O–H groups in total. The Labute approximate surface area is 164 Å². The smallest absolute Gasteiger partial charge is 0.236 e. The van der Waals surface area contributed by atoms with Gasteiger partial charge in [0, 0.05) is 53.2 Å². The first-order valence-electron chi connectivity index (χ1n) is 9.63. The van der Waals surface area contributed by atoms with Crippen LogP contribution in [0.5, 0.6) is 0 Å². The summed E-state index contributed by atoms with van der Waals surface area (Å²) in [5.41, 5.74) is 0.229. The van der Waals surface area contributed by atoms with E-state index in [4.69, 9.17) is 0 Å². The average molecular weight is 390 g/mol. The minimum absolute atomic E-state index is 0.0432. The molecule has 0 aromatic heterocycles. The molecule has 7 nitrogen and oxygen atoms in total. The number of benzene rings is 1. The summed E-state index contributed by atoms with van der Waals surface area (Å²) in [6.45, 7) is 3.08. The molecule has 2 aliphatic heterocycles. The second-order valence-electron chi connectivity index (χ2n) is 7.60. The molecule has 152 valence electrons. The molecule has 1 aromatic carbocycles. The zero-order chi connectivity index (χ0) is 20.3. The molecule has 3 rings (SSSR count). The topological polar surface area (TPSA) is 64.2 Å². The third-order valence-electron chi connectivity index (χ3n) is 5.38. The Bertz CT molecular complexity index is 755. The van der Waals surface area contributed by atoms with Crippen molar-refractivity contribution in [3.05, 3.63) is 30.1 Å². The van der Waals surface area contributed by atoms with Gasteiger partial charge in [-0.1, -0.05) is 12.1 Å². The number of carbonyl (C=O) groups excluding carboxylic acids is 3. The van der Waals surface area contributed by atoms with Gasteiger partial charge in [0.1, 0.15) is 5.82 Å². The number of rotatable bonds is 4. The summed E-state index contributed by atoms with van der Waals surface area (Å²) in [6.07, 6.45) is 0.886. The summed E-state index contributed by atoms with van der Waals surface area (Å²) >= 11 is 0. The number of likely N-dealkylation sites (N-methyl/N-ethyl adjacent to an activating group) is 1. The van der Waals surface area contributed by atoms with Crippen LogP contribution in [0.25, 0.3) is 0 Å². The Balaban J connectivity index is 1.59. The Morgan fingerprint density at radius 3 is 2.61 bits per heavy atom. The van der Waals surface area contributed by atoms with Crippen molar-refractivity contribution in [1.29, 1.82) is 0 Å². The van der Waals surface area contributed by atoms with Gasteiger partial charge in [-0.05, 0) is 18.6 Å². The lowest BCUT2D eigenvalue weighted by molar-refractivity contribution is -0.135. The molecule has 2 aliphatic rings. The summed E-state index contributed by atoms with van der Waals surface area (Å²) < 4.78 is 14.0. The number of nitrogens with zero attached hydrogens (tertiary/aromatic N) is 4. The molecule has 28 heavy (non-hydrogen) atoms. The maximum Gasteiger partial charge on any atom is 0.236 e. The molecular weight excluding hydrogens is 363 g/mol. The van der Waals surface area contributed by atoms with Crippen LogP contribution in [0, 0.1) is 11.7 Å². The van der Waals surface area contributed by atoms with Crippen LogP contribution in [0.15, 0.2) is 24.3 Å². The highest BCUT2D eigenvalue weighted by atomic mass is 19.1. The van der Waals surface area contributed by atoms with Crippen molar-refractivity contribution >= 4 is 23.4 Å². The molecule has 8 heteroatoms. The number of para-hydroxylation sites is 1. The molecule has 0 spiro atoms. The lowest BCUT2D eigenvalue weighted by Crippen LogP contribution is -2.41. The molecule has 1 unspecified atom stereocenters. The van der Waals surface area contributed by atoms with E-state index >= 15 is 0 Å². The van der Waals surface area contributed by atoms with E-state index in [0.717, 1.165) is 13.0 Å². The van der Waals surface area contributed by atoms with E-state index in [2.05, 4.69) is 4.90 Å². The molecule has 0 aliphatic carbocycles. The molecule has 0 saturated carbocycles. The highest BCUT2D eigenvalue weighted by molar-refractivity contribution is 6.00. The van der Waals surface area contributed by atoms with Gasteiger partial charge in [-0.3, -0.25) is 19.3 Å². The van der Waals surface area contributed by atoms with Gasteiger partial charge in [0.05, 0.1) is 18.2 Å². The standard InChI is InChI=1S/C20H27FN4O3/c1-22(2)19(27)14-23-8-5-9-24(11-10-23)20(28)15-12-18(26)25(13-15)17-7-4-3-6-16(17)21/h3-4,6-7,15H,5,8-14H2,1-2H3. The third kappa shape index (κ3) is 4.49. The minimum atomic E-state index is -0.458. The zero-order valence-electron chi connectivity index (χ0n) is 16.4. The van der Waals surface area contributed by atoms with Crippen LogP contribution in [-0.2, 0) is 14.4 Å². The van der Waals surface area contributed by atoms with Crippen molar-refractivity contribution in [3.63, 3.8) is 0 Å². The first-order chi connectivity index (χ1) is 13.4. The maximum atomic E-state index is 14.0. The summed E-state index contributed by atoms with van der Waals surface area (Å²) in [6, 6.07) is 6.13. The fourth-order valence-electron chi connectivity index (χ4n) is 3.72. The largest absolute Gasteiger partial charge is 0.348 e. The predicted molar refractivity (Wildman–Crippen MR) is 103 cm³/mol. The summed E-state index contributed by atoms with van der Waals surface area (Å²) in [4.78, 5) is 44.0. The van der Waals surface area contributed by atoms with Gasteiger partial charge in [-0.15, -0.1) is 0 Å². The van der Waals surface area contributed by atoms with Crippen LogP contribution in [-0.4, -0.2) is 85.8 Å². The van der Waals surface area contributed by atoms with E-state index in [1.165, 1.54) is 11.0 Å². The lowest BCUT2D eigenvalue weighted by Gasteiger charge is -2.25. The van der Waals surface area contributed by atoms with Crippen LogP contribution in [0.3, 0.4) is 0 Å². The van der Waals surface area contributed by atoms with Crippen LogP contribution in [0.1, 0.15) is 12.8 Å². The number of carbonyl (C=O) groups is 3. The predicted octanol–water partition coefficient (Wildman–Crippen LogP) is 0.801. The Morgan fingerprint density at radius 1 is 1.14 bits per heavy atom. The number of anilines is 1. The van der Waals surface area contributed by atoms with Crippen molar-refractivity contribution in [1.82, 2.24) is 14.7 Å². The first-order valence-corrected chi connectivity index (χ1v) is 9.63. The van der Waals surface area contributed by atoms with Gasteiger partial charge < -0.3 is 14.7 Å². The zero-order valence-corrected chi connectivity index (χ0v) is 16.4. The fourth-order valence-corrected chi connectivity index (χ4v) is 3.72. The summed E-state index contributed by atoms with van der Waals surface area (Å²) in [5.74, 6) is -1.16. The second kappa shape index (κ2) is 8.68. The quantitative estimate of drug-likeness (QED) is 0.763. The SMILES string of the molecule is CN(C)C(=O)CN1CCCN(C(=O)C2CC(=O)N(c3ccccc3F)C2)CC1. The van der Waals surface area contributed by atoms with E-state index in [0.29, 0.717) is 26.2 Å². The van der Waals surface area contributed by atoms with E-state index in [-0.39, 0.29) is 36.4 Å². The fraction of sp³-hybridized carbons (Fsp3) is 0.550. The Kier molecular flexibility index (Phi) is 6.28. The van der Waals surface area contributed by atoms with E-state index < -0.39 is 11.7 Å². The van der Waals surface area contributed by atoms with Crippen molar-refractivity contribution in [2.24, 2.45) is 5.92 Å². The molecule has 2 heterocycles. The van der Waals surface area contributed by atoms with Crippen LogP contribution in [0.2, 0.25) is 0 Å². The number of halogens is 1. The summed E-state index contributed by atoms with van der Waals surface area (Å²) in [5, 5.41) is 0. The monoisotopic (exact) mass is 390 g/mol. The molecule has 0 bridgehead atoms. The number of hydrogen-bond acceptors (Lipinski definition) is 4. The average Bonchev–Trinajstić information content (AvgIpc) is 2.89. The van der Waals surface area contributed by atoms with Crippen LogP contribution < -0.4 is 4.90 Å². The van der Waals surface area contributed by atoms with Crippen LogP contribution >= 0.6 is 0 Å². The highest BCUT2D eigenvalue weighted by Gasteiger charge is 2.38. The number of hydrogen-bond donors (Lipinski definition) is 0. The molecule has 2 saturated heterocycles. The lowest BCUT2D eigenvalue weighted by atomic mass is 10.1. The minimum Gasteiger partial charge on any atom is -0.348 e. The van der Waals surface area contributed by atoms with Crippen molar-refractivity contribution < 1.29 is 18.8 Å². The van der Waals surface area contributed by atoms with Gasteiger partial charge in [0.2, 0.25) is 17.7 Å². The van der Waals surface area contributed by atoms with Gasteiger partial charge >= 0.3 is 0 Å². The molecule has 0 radical (unpaired) electrons.